The zero-order chi connectivity index (χ0) is 8.36. The fraction of sp³-hybridized carbons (Fsp3) is 0.833. The van der Waals surface area contributed by atoms with E-state index in [4.69, 9.17) is 10.8 Å². The van der Waals surface area contributed by atoms with E-state index in [2.05, 4.69) is 0 Å². The summed E-state index contributed by atoms with van der Waals surface area (Å²) in [6.07, 6.45) is -0.150. The van der Waals surface area contributed by atoms with Crippen LogP contribution in [0.15, 0.2) is 0 Å². The molecule has 1 atom stereocenters. The lowest BCUT2D eigenvalue weighted by Crippen LogP contribution is -2.35. The maximum atomic E-state index is 12.7. The Labute approximate surface area is 59.0 Å². The highest BCUT2D eigenvalue weighted by Gasteiger charge is 2.23. The van der Waals surface area contributed by atoms with Crippen LogP contribution in [0.1, 0.15) is 20.3 Å². The number of hydrogen-bond donors (Lipinski definition) is 2. The van der Waals surface area contributed by atoms with Gasteiger partial charge in [0.05, 0.1) is 0 Å². The summed E-state index contributed by atoms with van der Waals surface area (Å²) in [6.45, 7) is 2.60. The van der Waals surface area contributed by atoms with E-state index >= 15 is 0 Å². The van der Waals surface area contributed by atoms with Crippen LogP contribution >= 0.6 is 0 Å². The van der Waals surface area contributed by atoms with Crippen molar-refractivity contribution in [3.63, 3.8) is 0 Å². The average Bonchev–Trinajstić information content (AvgIpc) is 1.60. The summed E-state index contributed by atoms with van der Waals surface area (Å²) in [4.78, 5) is 10.1. The van der Waals surface area contributed by atoms with Crippen LogP contribution in [0.2, 0.25) is 0 Å². The van der Waals surface area contributed by atoms with Crippen LogP contribution in [-0.4, -0.2) is 22.8 Å². The maximum absolute atomic E-state index is 12.7. The third-order valence-electron chi connectivity index (χ3n) is 1.02. The Morgan fingerprint density at radius 1 is 1.80 bits per heavy atom. The van der Waals surface area contributed by atoms with Gasteiger partial charge in [0, 0.05) is 6.42 Å². The highest BCUT2D eigenvalue weighted by molar-refractivity contribution is 5.73. The van der Waals surface area contributed by atoms with Crippen molar-refractivity contribution in [2.75, 3.05) is 0 Å². The molecule has 10 heavy (non-hydrogen) atoms. The van der Waals surface area contributed by atoms with Crippen LogP contribution < -0.4 is 5.73 Å². The lowest BCUT2D eigenvalue weighted by Gasteiger charge is -2.15. The molecule has 3 N–H and O–H groups in total. The summed E-state index contributed by atoms with van der Waals surface area (Å²) in [5.74, 6) is -1.16. The van der Waals surface area contributed by atoms with Gasteiger partial charge in [-0.1, -0.05) is 0 Å². The largest absolute Gasteiger partial charge is 0.480 e. The van der Waals surface area contributed by atoms with Crippen LogP contribution in [0.4, 0.5) is 4.39 Å². The smallest absolute Gasteiger partial charge is 0.320 e. The number of alkyl halides is 1. The molecule has 0 aliphatic rings. The fourth-order valence-corrected chi connectivity index (χ4v) is 0.610. The molecule has 3 nitrogen and oxygen atoms in total. The van der Waals surface area contributed by atoms with Crippen LogP contribution in [-0.2, 0) is 4.79 Å². The van der Waals surface area contributed by atoms with E-state index in [-0.39, 0.29) is 6.42 Å². The van der Waals surface area contributed by atoms with Crippen molar-refractivity contribution >= 4 is 5.97 Å². The van der Waals surface area contributed by atoms with Crippen molar-refractivity contribution in [2.45, 2.75) is 32.0 Å². The number of hydrogen-bond acceptors (Lipinski definition) is 2. The van der Waals surface area contributed by atoms with Gasteiger partial charge in [-0.05, 0) is 13.8 Å². The van der Waals surface area contributed by atoms with Crippen molar-refractivity contribution in [1.29, 1.82) is 0 Å². The number of carbonyl (C=O) groups is 1. The zero-order valence-corrected chi connectivity index (χ0v) is 6.10. The molecule has 0 spiro atoms. The standard InChI is InChI=1S/C6H12FNO2/c1-6(2,7)3-4(8)5(9)10/h4H,3,8H2,1-2H3,(H,9,10)/t4-/m1/s1/i7-1. The van der Waals surface area contributed by atoms with Gasteiger partial charge in [0.1, 0.15) is 11.7 Å². The number of rotatable bonds is 3. The number of nitrogens with two attached hydrogens (primary N) is 1. The predicted molar refractivity (Wildman–Crippen MR) is 35.4 cm³/mol. The lowest BCUT2D eigenvalue weighted by atomic mass is 10.0. The van der Waals surface area contributed by atoms with Gasteiger partial charge >= 0.3 is 5.97 Å². The van der Waals surface area contributed by atoms with E-state index in [1.54, 1.807) is 0 Å². The van der Waals surface area contributed by atoms with Crippen molar-refractivity contribution in [1.82, 2.24) is 0 Å². The van der Waals surface area contributed by atoms with Gasteiger partial charge in [0.15, 0.2) is 0 Å². The van der Waals surface area contributed by atoms with E-state index in [0.29, 0.717) is 0 Å². The van der Waals surface area contributed by atoms with Crippen LogP contribution in [0.5, 0.6) is 0 Å². The van der Waals surface area contributed by atoms with Crippen molar-refractivity contribution in [3.8, 4) is 0 Å². The van der Waals surface area contributed by atoms with Crippen LogP contribution in [0.25, 0.3) is 0 Å². The Hall–Kier alpha value is -0.640. The van der Waals surface area contributed by atoms with Gasteiger partial charge in [0.2, 0.25) is 0 Å². The molecule has 0 aliphatic carbocycles. The van der Waals surface area contributed by atoms with E-state index in [1.165, 1.54) is 13.8 Å². The van der Waals surface area contributed by atoms with Gasteiger partial charge < -0.3 is 10.8 Å². The van der Waals surface area contributed by atoms with Gasteiger partial charge in [-0.3, -0.25) is 4.79 Å². The molecule has 4 heteroatoms. The summed E-state index contributed by atoms with van der Waals surface area (Å²) >= 11 is 0. The summed E-state index contributed by atoms with van der Waals surface area (Å²) in [5, 5.41) is 8.25. The first-order valence-electron chi connectivity index (χ1n) is 3.00. The van der Waals surface area contributed by atoms with Crippen LogP contribution in [0, 0.1) is 0 Å². The first-order chi connectivity index (χ1) is 4.33. The zero-order valence-electron chi connectivity index (χ0n) is 6.10. The first-order valence-corrected chi connectivity index (χ1v) is 3.00. The van der Waals surface area contributed by atoms with E-state index in [0.717, 1.165) is 0 Å². The van der Waals surface area contributed by atoms with Crippen LogP contribution in [0.3, 0.4) is 0 Å². The third kappa shape index (κ3) is 4.26. The molecule has 0 fully saturated rings. The molecule has 0 aromatic heterocycles. The molecule has 0 amide bonds. The minimum Gasteiger partial charge on any atom is -0.480 e. The summed E-state index contributed by atoms with van der Waals surface area (Å²) in [7, 11) is 0. The van der Waals surface area contributed by atoms with E-state index in [1.807, 2.05) is 0 Å². The predicted octanol–water partition coefficient (Wildman–Crippen LogP) is 0.536. The minimum atomic E-state index is -1.50. The van der Waals surface area contributed by atoms with Crippen molar-refractivity contribution in [2.24, 2.45) is 5.73 Å². The van der Waals surface area contributed by atoms with E-state index < -0.39 is 17.7 Å². The Kier molecular flexibility index (Phi) is 2.77. The molecule has 0 saturated heterocycles. The van der Waals surface area contributed by atoms with E-state index in [9.17, 15) is 9.18 Å². The molecule has 0 aromatic rings. The number of aliphatic carboxylic acids is 1. The monoisotopic (exact) mass is 148 g/mol. The molecule has 0 aromatic carbocycles. The third-order valence-corrected chi connectivity index (χ3v) is 1.02. The number of halogens is 1. The molecular weight excluding hydrogens is 136 g/mol. The highest BCUT2D eigenvalue weighted by Crippen LogP contribution is 2.14. The molecule has 0 unspecified atom stereocenters. The molecular formula is C6H12FNO2. The number of carboxylic acid groups (broad SMARTS) is 1. The summed E-state index contributed by atoms with van der Waals surface area (Å²) in [5.41, 5.74) is 3.56. The quantitative estimate of drug-likeness (QED) is 0.613. The second-order valence-corrected chi connectivity index (χ2v) is 2.87. The summed E-state index contributed by atoms with van der Waals surface area (Å²) < 4.78 is 12.7. The Balaban J connectivity index is 3.80. The van der Waals surface area contributed by atoms with Gasteiger partial charge in [-0.2, -0.15) is 0 Å². The Morgan fingerprint density at radius 2 is 2.20 bits per heavy atom. The summed E-state index contributed by atoms with van der Waals surface area (Å²) in [6, 6.07) is -1.10. The SMILES string of the molecule is CC(C)([18F])C[C@@H](N)C(=O)O. The second kappa shape index (κ2) is 2.96. The average molecular weight is 148 g/mol. The first kappa shape index (κ1) is 9.36. The lowest BCUT2D eigenvalue weighted by molar-refractivity contribution is -0.139. The molecule has 0 bridgehead atoms. The molecule has 0 aliphatic heterocycles. The second-order valence-electron chi connectivity index (χ2n) is 2.87. The normalized spacial score (nSPS) is 14.8. The molecule has 60 valence electrons. The van der Waals surface area contributed by atoms with Crippen molar-refractivity contribution < 1.29 is 14.3 Å². The molecule has 0 saturated carbocycles. The minimum absolute atomic E-state index is 0.150. The molecule has 0 radical (unpaired) electrons. The maximum Gasteiger partial charge on any atom is 0.320 e. The number of carboxylic acids is 1. The highest BCUT2D eigenvalue weighted by atomic mass is 18.2. The van der Waals surface area contributed by atoms with Gasteiger partial charge in [0.25, 0.3) is 0 Å². The molecule has 0 rings (SSSR count). The Morgan fingerprint density at radius 3 is 2.30 bits per heavy atom. The van der Waals surface area contributed by atoms with Gasteiger partial charge in [-0.25, -0.2) is 4.39 Å². The molecule has 0 heterocycles. The van der Waals surface area contributed by atoms with Crippen molar-refractivity contribution in [3.05, 3.63) is 0 Å². The van der Waals surface area contributed by atoms with Gasteiger partial charge in [-0.15, -0.1) is 0 Å². The topological polar surface area (TPSA) is 63.3 Å². The Bertz CT molecular complexity index is 130. The fourth-order valence-electron chi connectivity index (χ4n) is 0.610.